The molecular weight excluding hydrogens is 296 g/mol. The molecule has 5 heteroatoms. The van der Waals surface area contributed by atoms with Crippen molar-refractivity contribution < 1.29 is 9.13 Å². The lowest BCUT2D eigenvalue weighted by Crippen LogP contribution is -2.17. The maximum absolute atomic E-state index is 13.1. The number of nitrogens with one attached hydrogen (secondary N) is 1. The Balaban J connectivity index is 1.85. The van der Waals surface area contributed by atoms with Gasteiger partial charge in [0.1, 0.15) is 25.0 Å². The Kier molecular flexibility index (Phi) is 4.34. The zero-order chi connectivity index (χ0) is 15.6. The minimum absolute atomic E-state index is 0.231. The largest absolute Gasteiger partial charge is 0.480 e. The van der Waals surface area contributed by atoms with Crippen LogP contribution in [0, 0.1) is 5.82 Å². The van der Waals surface area contributed by atoms with Crippen LogP contribution in [-0.2, 0) is 5.60 Å². The molecule has 0 saturated heterocycles. The molecule has 0 aromatic heterocycles. The molecule has 0 spiro atoms. The summed E-state index contributed by atoms with van der Waals surface area (Å²) in [7, 11) is 5.89. The number of benzene rings is 2. The number of hydrogen-bond acceptors (Lipinski definition) is 3. The fourth-order valence-electron chi connectivity index (χ4n) is 2.38. The van der Waals surface area contributed by atoms with Gasteiger partial charge in [-0.3, -0.25) is 0 Å². The van der Waals surface area contributed by atoms with Crippen LogP contribution in [0.3, 0.4) is 0 Å². The fraction of sp³-hybridized carbons (Fsp3) is 0.294. The van der Waals surface area contributed by atoms with Crippen LogP contribution in [0.15, 0.2) is 42.5 Å². The molecule has 0 aliphatic heterocycles. The lowest BCUT2D eigenvalue weighted by atomic mass is 9.96. The Hall–Kier alpha value is -1.62. The minimum Gasteiger partial charge on any atom is -0.480 e. The number of ether oxygens (including phenoxy) is 1. The molecule has 2 aromatic carbocycles. The summed E-state index contributed by atoms with van der Waals surface area (Å²) in [5, 5.41) is 0. The van der Waals surface area contributed by atoms with Crippen LogP contribution in [-0.4, -0.2) is 13.6 Å². The van der Waals surface area contributed by atoms with Gasteiger partial charge in [0, 0.05) is 5.75 Å². The summed E-state index contributed by atoms with van der Waals surface area (Å²) in [6.07, 6.45) is 1.85. The zero-order valence-corrected chi connectivity index (χ0v) is 13.3. The smallest absolute Gasteiger partial charge is 0.144 e. The van der Waals surface area contributed by atoms with Gasteiger partial charge in [-0.25, -0.2) is 4.39 Å². The molecule has 1 aliphatic rings. The Morgan fingerprint density at radius 2 is 1.95 bits per heavy atom. The summed E-state index contributed by atoms with van der Waals surface area (Å²) in [5.41, 5.74) is 2.23. The molecule has 1 aliphatic carbocycles. The van der Waals surface area contributed by atoms with Crippen molar-refractivity contribution in [2.75, 3.05) is 10.5 Å². The van der Waals surface area contributed by atoms with Gasteiger partial charge in [-0.05, 0) is 42.7 Å². The molecule has 1 fully saturated rings. The molecule has 112 valence electrons. The van der Waals surface area contributed by atoms with Gasteiger partial charge in [-0.1, -0.05) is 42.5 Å². The average Bonchev–Trinajstić information content (AvgIpc) is 3.28. The molecule has 0 heterocycles. The first-order valence-corrected chi connectivity index (χ1v) is 8.34. The standard InChI is InChI=1S/C17H17BFNOS/c1-2-22-20-15-8-5-13(18)11-16(15)21-17(9-10-17)12-3-6-14(19)7-4-12/h3-8,11,20H,2,9-10H2,1H3. The molecule has 0 atom stereocenters. The van der Waals surface area contributed by atoms with E-state index >= 15 is 0 Å². The molecule has 22 heavy (non-hydrogen) atoms. The lowest BCUT2D eigenvalue weighted by Gasteiger charge is -2.21. The maximum atomic E-state index is 13.1. The fourth-order valence-corrected chi connectivity index (χ4v) is 2.85. The Morgan fingerprint density at radius 3 is 2.59 bits per heavy atom. The summed E-state index contributed by atoms with van der Waals surface area (Å²) >= 11 is 1.61. The van der Waals surface area contributed by atoms with E-state index in [1.165, 1.54) is 12.1 Å². The number of anilines is 1. The molecular formula is C17H17BFNOS. The third kappa shape index (κ3) is 3.24. The number of rotatable bonds is 6. The summed E-state index contributed by atoms with van der Waals surface area (Å²) < 4.78 is 22.7. The van der Waals surface area contributed by atoms with Gasteiger partial charge in [0.25, 0.3) is 0 Å². The Morgan fingerprint density at radius 1 is 1.23 bits per heavy atom. The Labute approximate surface area is 136 Å². The average molecular weight is 313 g/mol. The monoisotopic (exact) mass is 313 g/mol. The van der Waals surface area contributed by atoms with Gasteiger partial charge in [0.05, 0.1) is 5.69 Å². The SMILES string of the molecule is [B]c1ccc(NSCC)c(OC2(c3ccc(F)cc3)CC2)c1. The van der Waals surface area contributed by atoms with E-state index in [9.17, 15) is 4.39 Å². The second-order valence-electron chi connectivity index (χ2n) is 5.39. The van der Waals surface area contributed by atoms with Gasteiger partial charge >= 0.3 is 0 Å². The van der Waals surface area contributed by atoms with Crippen molar-refractivity contribution >= 4 is 30.9 Å². The van der Waals surface area contributed by atoms with Crippen LogP contribution >= 0.6 is 11.9 Å². The molecule has 0 amide bonds. The quantitative estimate of drug-likeness (QED) is 0.648. The van der Waals surface area contributed by atoms with E-state index < -0.39 is 0 Å². The van der Waals surface area contributed by atoms with Crippen LogP contribution in [0.2, 0.25) is 0 Å². The Bertz CT molecular complexity index is 658. The lowest BCUT2D eigenvalue weighted by molar-refractivity contribution is 0.182. The predicted octanol–water partition coefficient (Wildman–Crippen LogP) is 3.77. The van der Waals surface area contributed by atoms with Crippen LogP contribution in [0.4, 0.5) is 10.1 Å². The van der Waals surface area contributed by atoms with Crippen molar-refractivity contribution in [1.82, 2.24) is 0 Å². The molecule has 0 unspecified atom stereocenters. The predicted molar refractivity (Wildman–Crippen MR) is 91.5 cm³/mol. The second kappa shape index (κ2) is 6.25. The first-order valence-electron chi connectivity index (χ1n) is 7.35. The van der Waals surface area contributed by atoms with Crippen molar-refractivity contribution in [2.24, 2.45) is 0 Å². The van der Waals surface area contributed by atoms with Crippen LogP contribution < -0.4 is 14.9 Å². The minimum atomic E-state index is -0.352. The number of hydrogen-bond donors (Lipinski definition) is 1. The first-order chi connectivity index (χ1) is 10.6. The topological polar surface area (TPSA) is 21.3 Å². The van der Waals surface area contributed by atoms with E-state index in [1.807, 2.05) is 18.2 Å². The van der Waals surface area contributed by atoms with Gasteiger partial charge in [-0.15, -0.1) is 0 Å². The molecule has 1 saturated carbocycles. The van der Waals surface area contributed by atoms with Crippen molar-refractivity contribution in [3.8, 4) is 5.75 Å². The van der Waals surface area contributed by atoms with Crippen LogP contribution in [0.5, 0.6) is 5.75 Å². The number of halogens is 1. The maximum Gasteiger partial charge on any atom is 0.144 e. The highest BCUT2D eigenvalue weighted by Crippen LogP contribution is 2.50. The molecule has 1 N–H and O–H groups in total. The highest BCUT2D eigenvalue weighted by atomic mass is 32.2. The van der Waals surface area contributed by atoms with E-state index in [1.54, 1.807) is 24.1 Å². The van der Waals surface area contributed by atoms with E-state index in [2.05, 4.69) is 11.6 Å². The second-order valence-corrected chi connectivity index (χ2v) is 6.46. The molecule has 2 nitrogen and oxygen atoms in total. The van der Waals surface area contributed by atoms with Gasteiger partial charge in [0.2, 0.25) is 0 Å². The van der Waals surface area contributed by atoms with Crippen molar-refractivity contribution in [3.05, 3.63) is 53.8 Å². The molecule has 2 aromatic rings. The van der Waals surface area contributed by atoms with E-state index in [4.69, 9.17) is 12.6 Å². The summed E-state index contributed by atoms with van der Waals surface area (Å²) in [6, 6.07) is 12.2. The zero-order valence-electron chi connectivity index (χ0n) is 12.4. The summed E-state index contributed by atoms with van der Waals surface area (Å²) in [6.45, 7) is 2.08. The van der Waals surface area contributed by atoms with E-state index in [0.717, 1.165) is 35.6 Å². The van der Waals surface area contributed by atoms with Crippen molar-refractivity contribution in [3.63, 3.8) is 0 Å². The summed E-state index contributed by atoms with van der Waals surface area (Å²) in [4.78, 5) is 0. The first kappa shape index (κ1) is 15.3. The molecule has 3 rings (SSSR count). The van der Waals surface area contributed by atoms with E-state index in [0.29, 0.717) is 5.46 Å². The normalized spacial score (nSPS) is 15.4. The van der Waals surface area contributed by atoms with Crippen LogP contribution in [0.25, 0.3) is 0 Å². The third-order valence-electron chi connectivity index (χ3n) is 3.71. The molecule has 2 radical (unpaired) electrons. The molecule has 0 bridgehead atoms. The van der Waals surface area contributed by atoms with Crippen LogP contribution in [0.1, 0.15) is 25.3 Å². The van der Waals surface area contributed by atoms with Gasteiger partial charge in [-0.2, -0.15) is 0 Å². The highest BCUT2D eigenvalue weighted by Gasteiger charge is 2.47. The van der Waals surface area contributed by atoms with Gasteiger partial charge < -0.3 is 9.46 Å². The van der Waals surface area contributed by atoms with Gasteiger partial charge in [0.15, 0.2) is 0 Å². The third-order valence-corrected chi connectivity index (χ3v) is 4.36. The summed E-state index contributed by atoms with van der Waals surface area (Å²) in [5.74, 6) is 1.46. The van der Waals surface area contributed by atoms with Crippen molar-refractivity contribution in [2.45, 2.75) is 25.4 Å². The van der Waals surface area contributed by atoms with Crippen molar-refractivity contribution in [1.29, 1.82) is 0 Å². The van der Waals surface area contributed by atoms with E-state index in [-0.39, 0.29) is 11.4 Å². The highest BCUT2D eigenvalue weighted by molar-refractivity contribution is 8.00.